The highest BCUT2D eigenvalue weighted by Crippen LogP contribution is 2.40. The molecule has 1 heterocycles. The van der Waals surface area contributed by atoms with E-state index in [1.807, 2.05) is 18.2 Å². The van der Waals surface area contributed by atoms with Crippen molar-refractivity contribution in [2.75, 3.05) is 6.79 Å². The van der Waals surface area contributed by atoms with E-state index < -0.39 is 0 Å². The zero-order chi connectivity index (χ0) is 17.4. The molecule has 1 aliphatic heterocycles. The van der Waals surface area contributed by atoms with Gasteiger partial charge in [0, 0.05) is 6.42 Å². The summed E-state index contributed by atoms with van der Waals surface area (Å²) in [6, 6.07) is 14.6. The Kier molecular flexibility index (Phi) is 4.08. The Labute approximate surface area is 148 Å². The van der Waals surface area contributed by atoms with Crippen LogP contribution >= 0.6 is 0 Å². The zero-order valence-electron chi connectivity index (χ0n) is 14.6. The fourth-order valence-corrected chi connectivity index (χ4v) is 3.59. The van der Waals surface area contributed by atoms with E-state index in [0.29, 0.717) is 12.3 Å². The molecule has 2 aliphatic rings. The highest BCUT2D eigenvalue weighted by molar-refractivity contribution is 5.99. The van der Waals surface area contributed by atoms with Gasteiger partial charge in [-0.3, -0.25) is 4.79 Å². The predicted molar refractivity (Wildman–Crippen MR) is 98.1 cm³/mol. The van der Waals surface area contributed by atoms with E-state index in [1.165, 1.54) is 5.56 Å². The molecular formula is C22H22O3. The van der Waals surface area contributed by atoms with Gasteiger partial charge in [-0.2, -0.15) is 0 Å². The number of carbonyl (C=O) groups excluding carboxylic acids is 1. The van der Waals surface area contributed by atoms with Crippen LogP contribution in [0.4, 0.5) is 0 Å². The number of ketones is 1. The lowest BCUT2D eigenvalue weighted by Gasteiger charge is -2.23. The van der Waals surface area contributed by atoms with Gasteiger partial charge in [-0.15, -0.1) is 0 Å². The normalized spacial score (nSPS) is 19.2. The molecule has 0 unspecified atom stereocenters. The second kappa shape index (κ2) is 6.40. The third-order valence-corrected chi connectivity index (χ3v) is 5.04. The molecule has 0 saturated heterocycles. The van der Waals surface area contributed by atoms with Gasteiger partial charge in [0.25, 0.3) is 0 Å². The maximum Gasteiger partial charge on any atom is 0.231 e. The van der Waals surface area contributed by atoms with E-state index >= 15 is 0 Å². The van der Waals surface area contributed by atoms with Crippen molar-refractivity contribution in [3.8, 4) is 11.5 Å². The van der Waals surface area contributed by atoms with Crippen LogP contribution in [0, 0.1) is 0 Å². The van der Waals surface area contributed by atoms with Crippen LogP contribution in [0.15, 0.2) is 48.5 Å². The highest BCUT2D eigenvalue weighted by atomic mass is 16.7. The van der Waals surface area contributed by atoms with Crippen molar-refractivity contribution in [3.63, 3.8) is 0 Å². The number of rotatable bonds is 3. The van der Waals surface area contributed by atoms with Gasteiger partial charge in [0.1, 0.15) is 0 Å². The lowest BCUT2D eigenvalue weighted by molar-refractivity contribution is -0.115. The number of allylic oxidation sites excluding steroid dienone is 2. The fraction of sp³-hybridized carbons (Fsp3) is 0.318. The largest absolute Gasteiger partial charge is 0.454 e. The van der Waals surface area contributed by atoms with E-state index in [-0.39, 0.29) is 18.5 Å². The summed E-state index contributed by atoms with van der Waals surface area (Å²) in [6.07, 6.45) is 3.24. The van der Waals surface area contributed by atoms with Gasteiger partial charge in [-0.05, 0) is 58.7 Å². The molecule has 2 aromatic carbocycles. The van der Waals surface area contributed by atoms with Gasteiger partial charge < -0.3 is 9.47 Å². The minimum atomic E-state index is 0.185. The number of carbonyl (C=O) groups is 1. The molecule has 25 heavy (non-hydrogen) atoms. The molecule has 128 valence electrons. The average molecular weight is 334 g/mol. The van der Waals surface area contributed by atoms with E-state index in [4.69, 9.17) is 9.47 Å². The van der Waals surface area contributed by atoms with Crippen molar-refractivity contribution in [3.05, 3.63) is 65.2 Å². The Morgan fingerprint density at radius 2 is 1.84 bits per heavy atom. The summed E-state index contributed by atoms with van der Waals surface area (Å²) >= 11 is 0. The molecule has 0 bridgehead atoms. The average Bonchev–Trinajstić information content (AvgIpc) is 3.09. The molecular weight excluding hydrogens is 312 g/mol. The minimum absolute atomic E-state index is 0.185. The van der Waals surface area contributed by atoms with Gasteiger partial charge >= 0.3 is 0 Å². The number of hydrogen-bond acceptors (Lipinski definition) is 3. The first-order valence-electron chi connectivity index (χ1n) is 8.83. The lowest BCUT2D eigenvalue weighted by Crippen LogP contribution is -2.12. The van der Waals surface area contributed by atoms with Gasteiger partial charge in [-0.1, -0.05) is 44.2 Å². The summed E-state index contributed by atoms with van der Waals surface area (Å²) in [6.45, 7) is 4.65. The Morgan fingerprint density at radius 3 is 2.68 bits per heavy atom. The van der Waals surface area contributed by atoms with Crippen molar-refractivity contribution >= 4 is 11.4 Å². The van der Waals surface area contributed by atoms with Crippen molar-refractivity contribution in [2.45, 2.75) is 38.5 Å². The molecule has 0 saturated carbocycles. The van der Waals surface area contributed by atoms with Gasteiger partial charge in [0.05, 0.1) is 0 Å². The van der Waals surface area contributed by atoms with Crippen molar-refractivity contribution in [1.82, 2.24) is 0 Å². The minimum Gasteiger partial charge on any atom is -0.454 e. The SMILES string of the molecule is CC(C)c1cccc(C2=CC(=O)C[C@H](c3ccc4c(c3)OCO4)C2)c1. The van der Waals surface area contributed by atoms with Gasteiger partial charge in [-0.25, -0.2) is 0 Å². The summed E-state index contributed by atoms with van der Waals surface area (Å²) in [7, 11) is 0. The Balaban J connectivity index is 1.63. The predicted octanol–water partition coefficient (Wildman–Crippen LogP) is 5.07. The van der Waals surface area contributed by atoms with Crippen LogP contribution in [0.25, 0.3) is 5.57 Å². The third-order valence-electron chi connectivity index (χ3n) is 5.04. The number of hydrogen-bond donors (Lipinski definition) is 0. The molecule has 4 rings (SSSR count). The Morgan fingerprint density at radius 1 is 1.00 bits per heavy atom. The Hall–Kier alpha value is -2.55. The second-order valence-corrected chi connectivity index (χ2v) is 7.13. The lowest BCUT2D eigenvalue weighted by atomic mass is 9.80. The van der Waals surface area contributed by atoms with Gasteiger partial charge in [0.2, 0.25) is 6.79 Å². The molecule has 1 aliphatic carbocycles. The first-order chi connectivity index (χ1) is 12.1. The number of ether oxygens (including phenoxy) is 2. The summed E-state index contributed by atoms with van der Waals surface area (Å²) in [5.74, 6) is 2.42. The summed E-state index contributed by atoms with van der Waals surface area (Å²) in [4.78, 5) is 12.4. The van der Waals surface area contributed by atoms with Crippen LogP contribution in [-0.2, 0) is 4.79 Å². The van der Waals surface area contributed by atoms with Crippen LogP contribution in [0.5, 0.6) is 11.5 Å². The first kappa shape index (κ1) is 15.9. The molecule has 1 atom stereocenters. The van der Waals surface area contributed by atoms with Gasteiger partial charge in [0.15, 0.2) is 17.3 Å². The fourth-order valence-electron chi connectivity index (χ4n) is 3.59. The van der Waals surface area contributed by atoms with Crippen molar-refractivity contribution in [2.24, 2.45) is 0 Å². The quantitative estimate of drug-likeness (QED) is 0.786. The van der Waals surface area contributed by atoms with E-state index in [2.05, 4.69) is 44.2 Å². The molecule has 3 heteroatoms. The third kappa shape index (κ3) is 3.19. The Bertz CT molecular complexity index is 848. The molecule has 0 radical (unpaired) electrons. The second-order valence-electron chi connectivity index (χ2n) is 7.13. The number of fused-ring (bicyclic) bond motifs is 1. The zero-order valence-corrected chi connectivity index (χ0v) is 14.6. The molecule has 0 spiro atoms. The molecule has 0 N–H and O–H groups in total. The van der Waals surface area contributed by atoms with Crippen LogP contribution in [0.2, 0.25) is 0 Å². The monoisotopic (exact) mass is 334 g/mol. The summed E-state index contributed by atoms with van der Waals surface area (Å²) in [5, 5.41) is 0. The van der Waals surface area contributed by atoms with E-state index in [0.717, 1.165) is 34.6 Å². The summed E-state index contributed by atoms with van der Waals surface area (Å²) < 4.78 is 10.9. The molecule has 0 fully saturated rings. The topological polar surface area (TPSA) is 35.5 Å². The standard InChI is InChI=1S/C22H22O3/c1-14(2)15-4-3-5-16(8-15)18-9-19(11-20(23)10-18)17-6-7-21-22(12-17)25-13-24-21/h3-8,10,12,14,19H,9,11,13H2,1-2H3/t19-/m1/s1. The highest BCUT2D eigenvalue weighted by Gasteiger charge is 2.25. The molecule has 3 nitrogen and oxygen atoms in total. The van der Waals surface area contributed by atoms with Crippen LogP contribution in [0.3, 0.4) is 0 Å². The smallest absolute Gasteiger partial charge is 0.231 e. The first-order valence-corrected chi connectivity index (χ1v) is 8.83. The maximum absolute atomic E-state index is 12.4. The number of benzene rings is 2. The molecule has 2 aromatic rings. The molecule has 0 aromatic heterocycles. The molecule has 0 amide bonds. The van der Waals surface area contributed by atoms with E-state index in [1.54, 1.807) is 0 Å². The van der Waals surface area contributed by atoms with Crippen LogP contribution in [0.1, 0.15) is 55.2 Å². The summed E-state index contributed by atoms with van der Waals surface area (Å²) in [5.41, 5.74) is 4.73. The van der Waals surface area contributed by atoms with Crippen LogP contribution < -0.4 is 9.47 Å². The van der Waals surface area contributed by atoms with Crippen molar-refractivity contribution in [1.29, 1.82) is 0 Å². The van der Waals surface area contributed by atoms with Crippen molar-refractivity contribution < 1.29 is 14.3 Å². The van der Waals surface area contributed by atoms with E-state index in [9.17, 15) is 4.79 Å². The van der Waals surface area contributed by atoms with Crippen LogP contribution in [-0.4, -0.2) is 12.6 Å². The maximum atomic E-state index is 12.4.